The van der Waals surface area contributed by atoms with Gasteiger partial charge < -0.3 is 10.1 Å². The van der Waals surface area contributed by atoms with Gasteiger partial charge >= 0.3 is 0 Å². The van der Waals surface area contributed by atoms with Gasteiger partial charge in [-0.25, -0.2) is 4.98 Å². The number of nitrogens with zero attached hydrogens (tertiary/aromatic N) is 3. The third-order valence-electron chi connectivity index (χ3n) is 3.56. The molecule has 5 nitrogen and oxygen atoms in total. The average Bonchev–Trinajstić information content (AvgIpc) is 3.10. The Bertz CT molecular complexity index is 531. The van der Waals surface area contributed by atoms with Gasteiger partial charge in [0.15, 0.2) is 5.82 Å². The van der Waals surface area contributed by atoms with Crippen LogP contribution in [-0.4, -0.2) is 40.6 Å². The number of piperidine rings is 1. The Morgan fingerprint density at radius 1 is 1.45 bits per heavy atom. The van der Waals surface area contributed by atoms with E-state index in [9.17, 15) is 0 Å². The summed E-state index contributed by atoms with van der Waals surface area (Å²) in [6, 6.07) is 4.07. The van der Waals surface area contributed by atoms with Crippen LogP contribution in [0.5, 0.6) is 0 Å². The number of nitrogens with one attached hydrogen (secondary N) is 1. The molecule has 1 saturated heterocycles. The summed E-state index contributed by atoms with van der Waals surface area (Å²) in [6.07, 6.45) is 3.44. The van der Waals surface area contributed by atoms with E-state index >= 15 is 0 Å². The maximum atomic E-state index is 5.92. The highest BCUT2D eigenvalue weighted by Gasteiger charge is 2.14. The Labute approximate surface area is 123 Å². The summed E-state index contributed by atoms with van der Waals surface area (Å²) in [4.78, 5) is 5.72. The van der Waals surface area contributed by atoms with Crippen molar-refractivity contribution in [2.75, 3.05) is 19.7 Å². The van der Waals surface area contributed by atoms with Gasteiger partial charge in [0.05, 0.1) is 17.6 Å². The first-order chi connectivity index (χ1) is 9.83. The molecule has 0 atom stereocenters. The van der Waals surface area contributed by atoms with Gasteiger partial charge in [-0.1, -0.05) is 6.07 Å². The standard InChI is InChI=1S/C14H20N4OS/c1-18-13(6-9-19-11-4-7-15-8-5-11)16-14(17-18)12-3-2-10-20-12/h2-3,10-11,15H,4-9H2,1H3. The monoisotopic (exact) mass is 292 g/mol. The van der Waals surface area contributed by atoms with Gasteiger partial charge in [-0.05, 0) is 37.4 Å². The molecule has 3 heterocycles. The van der Waals surface area contributed by atoms with Gasteiger partial charge in [0.25, 0.3) is 0 Å². The van der Waals surface area contributed by atoms with Crippen molar-refractivity contribution >= 4 is 11.3 Å². The summed E-state index contributed by atoms with van der Waals surface area (Å²) >= 11 is 1.67. The third kappa shape index (κ3) is 3.26. The van der Waals surface area contributed by atoms with Crippen LogP contribution in [0.3, 0.4) is 0 Å². The van der Waals surface area contributed by atoms with Crippen molar-refractivity contribution in [3.8, 4) is 10.7 Å². The number of ether oxygens (including phenoxy) is 1. The van der Waals surface area contributed by atoms with Gasteiger partial charge in [-0.3, -0.25) is 4.68 Å². The van der Waals surface area contributed by atoms with E-state index in [1.54, 1.807) is 11.3 Å². The first-order valence-corrected chi connectivity index (χ1v) is 7.97. The van der Waals surface area contributed by atoms with Gasteiger partial charge in [0.2, 0.25) is 0 Å². The first kappa shape index (κ1) is 13.7. The van der Waals surface area contributed by atoms with Crippen molar-refractivity contribution in [2.24, 2.45) is 7.05 Å². The van der Waals surface area contributed by atoms with Crippen LogP contribution >= 0.6 is 11.3 Å². The molecule has 0 aromatic carbocycles. The van der Waals surface area contributed by atoms with E-state index in [0.717, 1.165) is 55.5 Å². The maximum Gasteiger partial charge on any atom is 0.191 e. The Morgan fingerprint density at radius 3 is 3.05 bits per heavy atom. The topological polar surface area (TPSA) is 52.0 Å². The molecular formula is C14H20N4OS. The van der Waals surface area contributed by atoms with Crippen molar-refractivity contribution in [2.45, 2.75) is 25.4 Å². The van der Waals surface area contributed by atoms with Crippen LogP contribution in [0.4, 0.5) is 0 Å². The Morgan fingerprint density at radius 2 is 2.30 bits per heavy atom. The fourth-order valence-corrected chi connectivity index (χ4v) is 3.08. The lowest BCUT2D eigenvalue weighted by atomic mass is 10.1. The molecule has 0 aliphatic carbocycles. The second-order valence-electron chi connectivity index (χ2n) is 5.02. The van der Waals surface area contributed by atoms with Crippen LogP contribution in [0.25, 0.3) is 10.7 Å². The quantitative estimate of drug-likeness (QED) is 0.914. The van der Waals surface area contributed by atoms with Crippen LogP contribution in [0.2, 0.25) is 0 Å². The largest absolute Gasteiger partial charge is 0.378 e. The van der Waals surface area contributed by atoms with E-state index in [1.807, 2.05) is 23.2 Å². The molecule has 1 N–H and O–H groups in total. The van der Waals surface area contributed by atoms with E-state index in [2.05, 4.69) is 21.5 Å². The number of rotatable bonds is 5. The number of thiophene rings is 1. The number of aromatic nitrogens is 3. The number of hydrogen-bond donors (Lipinski definition) is 1. The molecule has 0 unspecified atom stereocenters. The normalized spacial score (nSPS) is 16.6. The van der Waals surface area contributed by atoms with Gasteiger partial charge in [-0.2, -0.15) is 5.10 Å². The van der Waals surface area contributed by atoms with E-state index in [-0.39, 0.29) is 0 Å². The van der Waals surface area contributed by atoms with Crippen LogP contribution in [0.1, 0.15) is 18.7 Å². The van der Waals surface area contributed by atoms with E-state index in [4.69, 9.17) is 4.74 Å². The number of aryl methyl sites for hydroxylation is 1. The summed E-state index contributed by atoms with van der Waals surface area (Å²) in [7, 11) is 1.95. The highest BCUT2D eigenvalue weighted by molar-refractivity contribution is 7.13. The molecule has 2 aromatic rings. The predicted octanol–water partition coefficient (Wildman–Crippen LogP) is 1.85. The molecular weight excluding hydrogens is 272 g/mol. The Kier molecular flexibility index (Phi) is 4.44. The zero-order valence-electron chi connectivity index (χ0n) is 11.7. The van der Waals surface area contributed by atoms with Crippen molar-refractivity contribution in [3.05, 3.63) is 23.3 Å². The fraction of sp³-hybridized carbons (Fsp3) is 0.571. The average molecular weight is 292 g/mol. The molecule has 6 heteroatoms. The zero-order valence-corrected chi connectivity index (χ0v) is 12.5. The summed E-state index contributed by atoms with van der Waals surface area (Å²) in [5.74, 6) is 1.81. The maximum absolute atomic E-state index is 5.92. The van der Waals surface area contributed by atoms with Crippen molar-refractivity contribution in [1.29, 1.82) is 0 Å². The molecule has 20 heavy (non-hydrogen) atoms. The molecule has 0 saturated carbocycles. The van der Waals surface area contributed by atoms with Gasteiger partial charge in [0.1, 0.15) is 5.82 Å². The molecule has 108 valence electrons. The van der Waals surface area contributed by atoms with Crippen molar-refractivity contribution in [1.82, 2.24) is 20.1 Å². The SMILES string of the molecule is Cn1nc(-c2cccs2)nc1CCOC1CCNCC1. The molecule has 1 fully saturated rings. The summed E-state index contributed by atoms with van der Waals surface area (Å²) in [5.41, 5.74) is 0. The van der Waals surface area contributed by atoms with Gasteiger partial charge in [0, 0.05) is 13.5 Å². The van der Waals surface area contributed by atoms with Crippen LogP contribution in [0.15, 0.2) is 17.5 Å². The first-order valence-electron chi connectivity index (χ1n) is 7.09. The molecule has 1 aliphatic rings. The second kappa shape index (κ2) is 6.47. The lowest BCUT2D eigenvalue weighted by molar-refractivity contribution is 0.0339. The minimum Gasteiger partial charge on any atom is -0.378 e. The molecule has 0 bridgehead atoms. The van der Waals surface area contributed by atoms with E-state index < -0.39 is 0 Å². The molecule has 0 radical (unpaired) electrons. The minimum absolute atomic E-state index is 0.404. The predicted molar refractivity (Wildman–Crippen MR) is 79.9 cm³/mol. The molecule has 0 amide bonds. The second-order valence-corrected chi connectivity index (χ2v) is 5.97. The molecule has 2 aromatic heterocycles. The smallest absolute Gasteiger partial charge is 0.191 e. The summed E-state index contributed by atoms with van der Waals surface area (Å²) in [6.45, 7) is 2.86. The molecule has 1 aliphatic heterocycles. The minimum atomic E-state index is 0.404. The van der Waals surface area contributed by atoms with E-state index in [1.165, 1.54) is 0 Å². The van der Waals surface area contributed by atoms with Crippen LogP contribution in [-0.2, 0) is 18.2 Å². The van der Waals surface area contributed by atoms with Crippen LogP contribution < -0.4 is 5.32 Å². The highest BCUT2D eigenvalue weighted by atomic mass is 32.1. The molecule has 0 spiro atoms. The van der Waals surface area contributed by atoms with Gasteiger partial charge in [-0.15, -0.1) is 11.3 Å². The van der Waals surface area contributed by atoms with Crippen molar-refractivity contribution < 1.29 is 4.74 Å². The zero-order chi connectivity index (χ0) is 13.8. The summed E-state index contributed by atoms with van der Waals surface area (Å²) in [5, 5.41) is 9.86. The van der Waals surface area contributed by atoms with E-state index in [0.29, 0.717) is 6.10 Å². The lowest BCUT2D eigenvalue weighted by Gasteiger charge is -2.22. The van der Waals surface area contributed by atoms with Crippen LogP contribution in [0, 0.1) is 0 Å². The number of hydrogen-bond acceptors (Lipinski definition) is 5. The Balaban J connectivity index is 1.55. The van der Waals surface area contributed by atoms with Crippen molar-refractivity contribution in [3.63, 3.8) is 0 Å². The summed E-state index contributed by atoms with van der Waals surface area (Å²) < 4.78 is 7.79. The lowest BCUT2D eigenvalue weighted by Crippen LogP contribution is -2.32. The fourth-order valence-electron chi connectivity index (χ4n) is 2.42. The Hall–Kier alpha value is -1.24. The third-order valence-corrected chi connectivity index (χ3v) is 4.43. The highest BCUT2D eigenvalue weighted by Crippen LogP contribution is 2.21. The molecule has 3 rings (SSSR count).